The van der Waals surface area contributed by atoms with Gasteiger partial charge in [-0.1, -0.05) is 43.1 Å². The quantitative estimate of drug-likeness (QED) is 0.182. The smallest absolute Gasteiger partial charge is 0.307 e. The maximum absolute atomic E-state index is 14.6. The molecule has 0 saturated heterocycles. The second-order valence-corrected chi connectivity index (χ2v) is 8.11. The van der Waals surface area contributed by atoms with Crippen molar-refractivity contribution < 1.29 is 28.2 Å². The van der Waals surface area contributed by atoms with Crippen LogP contribution in [0, 0.1) is 17.6 Å². The number of rotatable bonds is 10. The molecule has 0 spiro atoms. The molecule has 1 amide bonds. The fourth-order valence-electron chi connectivity index (χ4n) is 2.97. The molecule has 2 aromatic rings. The van der Waals surface area contributed by atoms with Crippen LogP contribution in [0.4, 0.5) is 14.5 Å². The average molecular weight is 514 g/mol. The Morgan fingerprint density at radius 3 is 2.53 bits per heavy atom. The molecule has 0 aliphatic carbocycles. The van der Waals surface area contributed by atoms with E-state index in [9.17, 15) is 18.4 Å². The van der Waals surface area contributed by atoms with Gasteiger partial charge in [-0.3, -0.25) is 14.6 Å². The molecule has 182 valence electrons. The minimum absolute atomic E-state index is 0.0222. The summed E-state index contributed by atoms with van der Waals surface area (Å²) in [6, 6.07) is 6.73. The number of carbonyl (C=O) groups excluding carboxylic acids is 1. The van der Waals surface area contributed by atoms with Crippen LogP contribution >= 0.6 is 23.2 Å². The third-order valence-electron chi connectivity index (χ3n) is 4.48. The molecule has 4 N–H and O–H groups in total. The molecule has 2 rings (SSSR count). The van der Waals surface area contributed by atoms with Gasteiger partial charge in [0.15, 0.2) is 5.82 Å². The van der Waals surface area contributed by atoms with Crippen LogP contribution in [0.1, 0.15) is 19.4 Å². The van der Waals surface area contributed by atoms with E-state index in [1.165, 1.54) is 18.2 Å². The minimum Gasteiger partial charge on any atom is -0.492 e. The molecule has 0 atom stereocenters. The summed E-state index contributed by atoms with van der Waals surface area (Å²) in [4.78, 5) is 28.3. The van der Waals surface area contributed by atoms with Crippen molar-refractivity contribution in [3.8, 4) is 5.75 Å². The van der Waals surface area contributed by atoms with E-state index in [1.807, 2.05) is 0 Å². The van der Waals surface area contributed by atoms with Gasteiger partial charge in [-0.15, -0.1) is 0 Å². The monoisotopic (exact) mass is 513 g/mol. The highest BCUT2D eigenvalue weighted by atomic mass is 35.5. The normalized spacial score (nSPS) is 12.1. The number of nitrogens with one attached hydrogen (secondary N) is 1. The van der Waals surface area contributed by atoms with Gasteiger partial charge < -0.3 is 20.9 Å². The molecule has 0 bridgehead atoms. The molecular formula is C23H23Cl2F2N3O4. The first-order valence-electron chi connectivity index (χ1n) is 10.1. The van der Waals surface area contributed by atoms with Gasteiger partial charge in [0.1, 0.15) is 18.2 Å². The molecule has 0 saturated carbocycles. The fraction of sp³-hybridized carbons (Fsp3) is 0.261. The van der Waals surface area contributed by atoms with Crippen molar-refractivity contribution in [2.45, 2.75) is 20.3 Å². The largest absolute Gasteiger partial charge is 0.492 e. The first-order valence-corrected chi connectivity index (χ1v) is 10.8. The summed E-state index contributed by atoms with van der Waals surface area (Å²) in [5, 5.41) is 10.6. The second kappa shape index (κ2) is 12.3. The van der Waals surface area contributed by atoms with Gasteiger partial charge in [-0.25, -0.2) is 8.78 Å². The summed E-state index contributed by atoms with van der Waals surface area (Å²) in [5.41, 5.74) is 5.65. The van der Waals surface area contributed by atoms with Crippen LogP contribution in [0.3, 0.4) is 0 Å². The van der Waals surface area contributed by atoms with Gasteiger partial charge in [-0.05, 0) is 29.7 Å². The molecule has 0 aliphatic heterocycles. The lowest BCUT2D eigenvalue weighted by Crippen LogP contribution is -2.26. The Hall–Kier alpha value is -3.17. The number of anilines is 1. The van der Waals surface area contributed by atoms with E-state index in [-0.39, 0.29) is 40.9 Å². The number of nitrogens with two attached hydrogens (primary N) is 1. The zero-order valence-corrected chi connectivity index (χ0v) is 19.9. The number of benzene rings is 2. The van der Waals surface area contributed by atoms with E-state index < -0.39 is 35.0 Å². The van der Waals surface area contributed by atoms with Crippen molar-refractivity contribution in [3.05, 3.63) is 69.3 Å². The van der Waals surface area contributed by atoms with E-state index in [2.05, 4.69) is 10.3 Å². The number of amides is 1. The van der Waals surface area contributed by atoms with Crippen LogP contribution in [-0.2, 0) is 16.0 Å². The molecule has 0 fully saturated rings. The number of carbonyl (C=O) groups is 2. The first-order chi connectivity index (χ1) is 16.0. The van der Waals surface area contributed by atoms with Crippen molar-refractivity contribution in [2.24, 2.45) is 16.6 Å². The number of halogens is 4. The van der Waals surface area contributed by atoms with E-state index in [0.717, 1.165) is 12.3 Å². The van der Waals surface area contributed by atoms with Crippen LogP contribution in [0.2, 0.25) is 10.0 Å². The maximum atomic E-state index is 14.6. The highest BCUT2D eigenvalue weighted by Gasteiger charge is 2.23. The maximum Gasteiger partial charge on any atom is 0.307 e. The van der Waals surface area contributed by atoms with Gasteiger partial charge in [0.2, 0.25) is 0 Å². The highest BCUT2D eigenvalue weighted by molar-refractivity contribution is 6.43. The van der Waals surface area contributed by atoms with E-state index >= 15 is 0 Å². The fourth-order valence-corrected chi connectivity index (χ4v) is 3.40. The van der Waals surface area contributed by atoms with Gasteiger partial charge in [-0.2, -0.15) is 0 Å². The summed E-state index contributed by atoms with van der Waals surface area (Å²) in [6.07, 6.45) is 0.514. The third-order valence-corrected chi connectivity index (χ3v) is 5.37. The van der Waals surface area contributed by atoms with Crippen molar-refractivity contribution in [2.75, 3.05) is 18.5 Å². The van der Waals surface area contributed by atoms with Crippen molar-refractivity contribution in [3.63, 3.8) is 0 Å². The third kappa shape index (κ3) is 7.16. The van der Waals surface area contributed by atoms with E-state index in [1.54, 1.807) is 19.9 Å². The SMILES string of the molecule is CC(C)C(=NCCOc1cccc(F)c1)C(=CN)C(=O)Nc1cc(CC(=O)O)c(Cl)c(Cl)c1F. The number of hydrogen-bond acceptors (Lipinski definition) is 5. The molecule has 0 aromatic heterocycles. The molecular weight excluding hydrogens is 491 g/mol. The summed E-state index contributed by atoms with van der Waals surface area (Å²) < 4.78 is 33.3. The lowest BCUT2D eigenvalue weighted by Gasteiger charge is -2.16. The van der Waals surface area contributed by atoms with Gasteiger partial charge in [0.25, 0.3) is 5.91 Å². The number of hydrogen-bond donors (Lipinski definition) is 3. The predicted octanol–water partition coefficient (Wildman–Crippen LogP) is 4.86. The van der Waals surface area contributed by atoms with Crippen molar-refractivity contribution in [1.82, 2.24) is 0 Å². The van der Waals surface area contributed by atoms with Crippen molar-refractivity contribution in [1.29, 1.82) is 0 Å². The molecule has 34 heavy (non-hydrogen) atoms. The Kier molecular flexibility index (Phi) is 9.83. The lowest BCUT2D eigenvalue weighted by atomic mass is 9.99. The molecule has 0 aliphatic rings. The first kappa shape index (κ1) is 27.1. The standard InChI is InChI=1S/C23H23Cl2F2N3O4/c1-12(2)22(29-6-7-34-15-5-3-4-14(26)10-15)16(11-28)23(33)30-17-8-13(9-18(31)32)19(24)20(25)21(17)27/h3-5,8,10-12H,6-7,9,28H2,1-2H3,(H,30,33)(H,31,32). The van der Waals surface area contributed by atoms with Gasteiger partial charge in [0, 0.05) is 12.3 Å². The van der Waals surface area contributed by atoms with E-state index in [0.29, 0.717) is 11.5 Å². The lowest BCUT2D eigenvalue weighted by molar-refractivity contribution is -0.136. The number of nitrogens with zero attached hydrogens (tertiary/aromatic N) is 1. The number of aliphatic imine (C=N–C) groups is 1. The number of carboxylic acid groups (broad SMARTS) is 1. The number of ether oxygens (including phenoxy) is 1. The predicted molar refractivity (Wildman–Crippen MR) is 128 cm³/mol. The average Bonchev–Trinajstić information content (AvgIpc) is 2.77. The Bertz CT molecular complexity index is 1140. The molecule has 7 nitrogen and oxygen atoms in total. The summed E-state index contributed by atoms with van der Waals surface area (Å²) in [7, 11) is 0. The Morgan fingerprint density at radius 1 is 1.24 bits per heavy atom. The van der Waals surface area contributed by atoms with Crippen LogP contribution in [0.15, 0.2) is 47.1 Å². The zero-order chi connectivity index (χ0) is 25.4. The molecule has 11 heteroatoms. The van der Waals surface area contributed by atoms with Gasteiger partial charge in [0.05, 0.1) is 40.0 Å². The van der Waals surface area contributed by atoms with Crippen LogP contribution in [0.5, 0.6) is 5.75 Å². The summed E-state index contributed by atoms with van der Waals surface area (Å²) in [6.45, 7) is 3.82. The zero-order valence-electron chi connectivity index (χ0n) is 18.4. The van der Waals surface area contributed by atoms with E-state index in [4.69, 9.17) is 38.8 Å². The van der Waals surface area contributed by atoms with Crippen molar-refractivity contribution >= 4 is 46.5 Å². The summed E-state index contributed by atoms with van der Waals surface area (Å²) >= 11 is 11.8. The topological polar surface area (TPSA) is 114 Å². The summed E-state index contributed by atoms with van der Waals surface area (Å²) in [5.74, 6) is -3.34. The second-order valence-electron chi connectivity index (χ2n) is 7.36. The van der Waals surface area contributed by atoms with Crippen LogP contribution in [0.25, 0.3) is 0 Å². The van der Waals surface area contributed by atoms with Crippen LogP contribution in [-0.4, -0.2) is 35.8 Å². The molecule has 0 radical (unpaired) electrons. The Balaban J connectivity index is 2.21. The molecule has 0 unspecified atom stereocenters. The van der Waals surface area contributed by atoms with Crippen LogP contribution < -0.4 is 15.8 Å². The Labute approximate surface area is 205 Å². The number of aliphatic carboxylic acids is 1. The molecule has 0 heterocycles. The van der Waals surface area contributed by atoms with Gasteiger partial charge >= 0.3 is 5.97 Å². The minimum atomic E-state index is -1.21. The highest BCUT2D eigenvalue weighted by Crippen LogP contribution is 2.34. The molecule has 2 aromatic carbocycles. The number of carboxylic acids is 1. The Morgan fingerprint density at radius 2 is 1.94 bits per heavy atom.